The predicted octanol–water partition coefficient (Wildman–Crippen LogP) is 3.20. The molecule has 0 unspecified atom stereocenters. The molecule has 0 N–H and O–H groups in total. The van der Waals surface area contributed by atoms with Crippen molar-refractivity contribution < 1.29 is 23.0 Å². The number of anilines is 1. The minimum Gasteiger partial charge on any atom is -0.444 e. The summed E-state index contributed by atoms with van der Waals surface area (Å²) in [5.74, 6) is 0.342. The molecule has 1 aliphatic rings. The molecule has 0 saturated carbocycles. The summed E-state index contributed by atoms with van der Waals surface area (Å²) < 4.78 is 37.3. The molecule has 12 heteroatoms. The van der Waals surface area contributed by atoms with Crippen molar-refractivity contribution in [3.63, 3.8) is 0 Å². The minimum absolute atomic E-state index is 0.116. The Kier molecular flexibility index (Phi) is 7.04. The number of rotatable bonds is 5. The second-order valence-corrected chi connectivity index (χ2v) is 9.40. The summed E-state index contributed by atoms with van der Waals surface area (Å²) in [5.41, 5.74) is -0.0378. The maximum absolute atomic E-state index is 13.7. The van der Waals surface area contributed by atoms with Crippen LogP contribution in [-0.4, -0.2) is 68.9 Å². The third-order valence-corrected chi connectivity index (χ3v) is 5.57. The minimum atomic E-state index is -3.03. The number of ether oxygens (including phenoxy) is 2. The molecular formula is C24H28F2N6O4. The Hall–Kier alpha value is -3.83. The van der Waals surface area contributed by atoms with E-state index >= 15 is 0 Å². The van der Waals surface area contributed by atoms with Crippen LogP contribution in [0.15, 0.2) is 35.4 Å². The first kappa shape index (κ1) is 25.3. The van der Waals surface area contributed by atoms with Gasteiger partial charge in [-0.05, 0) is 45.9 Å². The summed E-state index contributed by atoms with van der Waals surface area (Å²) in [4.78, 5) is 42.4. The van der Waals surface area contributed by atoms with E-state index in [1.165, 1.54) is 22.9 Å². The van der Waals surface area contributed by atoms with E-state index in [4.69, 9.17) is 4.74 Å². The van der Waals surface area contributed by atoms with E-state index in [0.29, 0.717) is 48.7 Å². The molecule has 0 aromatic carbocycles. The molecule has 0 radical (unpaired) electrons. The average molecular weight is 503 g/mol. The lowest BCUT2D eigenvalue weighted by Crippen LogP contribution is -2.51. The van der Waals surface area contributed by atoms with Crippen LogP contribution in [0.3, 0.4) is 0 Å². The fourth-order valence-corrected chi connectivity index (χ4v) is 3.95. The molecule has 3 aromatic heterocycles. The fraction of sp³-hybridized carbons (Fsp3) is 0.458. The monoisotopic (exact) mass is 502 g/mol. The van der Waals surface area contributed by atoms with Crippen LogP contribution in [0.5, 0.6) is 5.75 Å². The van der Waals surface area contributed by atoms with Gasteiger partial charge in [-0.1, -0.05) is 0 Å². The standard InChI is InChI=1S/C24H28F2N6O4/c1-15-28-13-16-12-18(30-8-10-31(11-9-30)23(34)36-24(2,3)4)21(33)32(20(16)29-15)14-17-19(35-22(25)26)6-5-7-27-17/h5-7,12-13,22H,8-11,14H2,1-4H3. The molecule has 0 bridgehead atoms. The van der Waals surface area contributed by atoms with Crippen LogP contribution in [0.25, 0.3) is 11.0 Å². The maximum Gasteiger partial charge on any atom is 0.410 e. The number of halogens is 2. The average Bonchev–Trinajstić information content (AvgIpc) is 2.80. The number of carbonyl (C=O) groups is 1. The van der Waals surface area contributed by atoms with Crippen molar-refractivity contribution in [2.24, 2.45) is 0 Å². The summed E-state index contributed by atoms with van der Waals surface area (Å²) in [6, 6.07) is 4.57. The number of aromatic nitrogens is 4. The summed E-state index contributed by atoms with van der Waals surface area (Å²) in [5, 5.41) is 0.608. The number of amides is 1. The van der Waals surface area contributed by atoms with E-state index in [2.05, 4.69) is 19.7 Å². The van der Waals surface area contributed by atoms with Gasteiger partial charge in [0.2, 0.25) is 0 Å². The largest absolute Gasteiger partial charge is 0.444 e. The zero-order valence-corrected chi connectivity index (χ0v) is 20.6. The van der Waals surface area contributed by atoms with Gasteiger partial charge in [0.1, 0.15) is 34.2 Å². The molecule has 1 amide bonds. The van der Waals surface area contributed by atoms with Gasteiger partial charge in [-0.3, -0.25) is 14.3 Å². The molecule has 1 aliphatic heterocycles. The molecule has 10 nitrogen and oxygen atoms in total. The zero-order valence-electron chi connectivity index (χ0n) is 20.6. The van der Waals surface area contributed by atoms with Gasteiger partial charge >= 0.3 is 12.7 Å². The van der Waals surface area contributed by atoms with Gasteiger partial charge in [-0.25, -0.2) is 14.8 Å². The molecule has 192 valence electrons. The summed E-state index contributed by atoms with van der Waals surface area (Å²) in [7, 11) is 0. The Balaban J connectivity index is 1.67. The Morgan fingerprint density at radius 3 is 2.56 bits per heavy atom. The highest BCUT2D eigenvalue weighted by molar-refractivity contribution is 5.78. The van der Waals surface area contributed by atoms with E-state index in [-0.39, 0.29) is 23.5 Å². The van der Waals surface area contributed by atoms with E-state index in [1.54, 1.807) is 24.1 Å². The first-order valence-electron chi connectivity index (χ1n) is 11.5. The SMILES string of the molecule is Cc1ncc2cc(N3CCN(C(=O)OC(C)(C)C)CC3)c(=O)n(Cc3ncccc3OC(F)F)c2n1. The molecule has 3 aromatic rings. The number of aryl methyl sites for hydroxylation is 1. The van der Waals surface area contributed by atoms with Gasteiger partial charge in [-0.2, -0.15) is 8.78 Å². The number of nitrogens with zero attached hydrogens (tertiary/aromatic N) is 6. The molecule has 4 heterocycles. The molecule has 36 heavy (non-hydrogen) atoms. The zero-order chi connectivity index (χ0) is 26.0. The highest BCUT2D eigenvalue weighted by Gasteiger charge is 2.28. The van der Waals surface area contributed by atoms with Gasteiger partial charge in [0.05, 0.1) is 6.54 Å². The van der Waals surface area contributed by atoms with Crippen LogP contribution in [0.1, 0.15) is 32.3 Å². The van der Waals surface area contributed by atoms with Gasteiger partial charge in [0, 0.05) is 44.0 Å². The van der Waals surface area contributed by atoms with Crippen LogP contribution in [0.2, 0.25) is 0 Å². The van der Waals surface area contributed by atoms with E-state index in [1.807, 2.05) is 25.7 Å². The molecule has 1 fully saturated rings. The Bertz CT molecular complexity index is 1320. The van der Waals surface area contributed by atoms with Crippen molar-refractivity contribution in [3.05, 3.63) is 52.5 Å². The summed E-state index contributed by atoms with van der Waals surface area (Å²) in [6.45, 7) is 5.55. The molecule has 0 spiro atoms. The summed E-state index contributed by atoms with van der Waals surface area (Å²) >= 11 is 0. The topological polar surface area (TPSA) is 103 Å². The highest BCUT2D eigenvalue weighted by Crippen LogP contribution is 2.23. The first-order chi connectivity index (χ1) is 17.0. The van der Waals surface area contributed by atoms with Crippen molar-refractivity contribution in [2.45, 2.75) is 46.5 Å². The van der Waals surface area contributed by atoms with Crippen molar-refractivity contribution in [1.29, 1.82) is 0 Å². The van der Waals surface area contributed by atoms with Crippen LogP contribution in [-0.2, 0) is 11.3 Å². The van der Waals surface area contributed by atoms with Gasteiger partial charge in [-0.15, -0.1) is 0 Å². The molecule has 0 atom stereocenters. The van der Waals surface area contributed by atoms with Crippen molar-refractivity contribution >= 4 is 22.8 Å². The van der Waals surface area contributed by atoms with E-state index in [0.717, 1.165) is 0 Å². The van der Waals surface area contributed by atoms with Crippen molar-refractivity contribution in [2.75, 3.05) is 31.1 Å². The van der Waals surface area contributed by atoms with Gasteiger partial charge in [0.25, 0.3) is 5.56 Å². The number of alkyl halides is 2. The third-order valence-electron chi connectivity index (χ3n) is 5.57. The lowest BCUT2D eigenvalue weighted by Gasteiger charge is -2.36. The molecule has 1 saturated heterocycles. The number of hydrogen-bond acceptors (Lipinski definition) is 8. The molecule has 0 aliphatic carbocycles. The van der Waals surface area contributed by atoms with Gasteiger partial charge in [0.15, 0.2) is 0 Å². The second kappa shape index (κ2) is 10.0. The van der Waals surface area contributed by atoms with Crippen molar-refractivity contribution in [1.82, 2.24) is 24.4 Å². The Morgan fingerprint density at radius 2 is 1.89 bits per heavy atom. The lowest BCUT2D eigenvalue weighted by atomic mass is 10.2. The van der Waals surface area contributed by atoms with Crippen LogP contribution in [0, 0.1) is 6.92 Å². The van der Waals surface area contributed by atoms with Crippen LogP contribution < -0.4 is 15.2 Å². The number of pyridine rings is 2. The van der Waals surface area contributed by atoms with Gasteiger partial charge < -0.3 is 19.3 Å². The van der Waals surface area contributed by atoms with E-state index in [9.17, 15) is 18.4 Å². The Labute approximate surface area is 206 Å². The summed E-state index contributed by atoms with van der Waals surface area (Å²) in [6.07, 6.45) is 2.66. The first-order valence-corrected chi connectivity index (χ1v) is 11.5. The second-order valence-electron chi connectivity index (χ2n) is 9.40. The van der Waals surface area contributed by atoms with Crippen LogP contribution in [0.4, 0.5) is 19.3 Å². The number of carbonyl (C=O) groups excluding carboxylic acids is 1. The Morgan fingerprint density at radius 1 is 1.17 bits per heavy atom. The van der Waals surface area contributed by atoms with E-state index < -0.39 is 18.3 Å². The quantitative estimate of drug-likeness (QED) is 0.524. The third kappa shape index (κ3) is 5.69. The predicted molar refractivity (Wildman–Crippen MR) is 129 cm³/mol. The molecule has 4 rings (SSSR count). The number of piperazine rings is 1. The fourth-order valence-electron chi connectivity index (χ4n) is 3.95. The smallest absolute Gasteiger partial charge is 0.410 e. The molecular weight excluding hydrogens is 474 g/mol. The lowest BCUT2D eigenvalue weighted by molar-refractivity contribution is -0.0507. The van der Waals surface area contributed by atoms with Crippen molar-refractivity contribution in [3.8, 4) is 5.75 Å². The normalized spacial score (nSPS) is 14.4. The highest BCUT2D eigenvalue weighted by atomic mass is 19.3. The number of fused-ring (bicyclic) bond motifs is 1. The number of hydrogen-bond donors (Lipinski definition) is 0. The van der Waals surface area contributed by atoms with Crippen LogP contribution >= 0.6 is 0 Å². The maximum atomic E-state index is 13.7.